The van der Waals surface area contributed by atoms with E-state index >= 15 is 0 Å². The molecule has 162 valence electrons. The summed E-state index contributed by atoms with van der Waals surface area (Å²) in [7, 11) is 3.32. The molecule has 3 heterocycles. The molecular weight excluding hydrogens is 390 g/mol. The average molecular weight is 420 g/mol. The lowest BCUT2D eigenvalue weighted by Gasteiger charge is -2.33. The molecule has 0 bridgehead atoms. The van der Waals surface area contributed by atoms with Crippen molar-refractivity contribution in [3.63, 3.8) is 0 Å². The Labute approximate surface area is 182 Å². The lowest BCUT2D eigenvalue weighted by Crippen LogP contribution is -2.44. The Morgan fingerprint density at radius 2 is 1.77 bits per heavy atom. The number of ether oxygens (including phenoxy) is 2. The summed E-state index contributed by atoms with van der Waals surface area (Å²) in [5.74, 6) is 1.72. The van der Waals surface area contributed by atoms with E-state index in [0.29, 0.717) is 13.1 Å². The van der Waals surface area contributed by atoms with Gasteiger partial charge in [0, 0.05) is 54.8 Å². The van der Waals surface area contributed by atoms with Crippen LogP contribution in [0.2, 0.25) is 0 Å². The summed E-state index contributed by atoms with van der Waals surface area (Å²) in [4.78, 5) is 21.0. The number of benzene rings is 2. The van der Waals surface area contributed by atoms with E-state index in [2.05, 4.69) is 41.1 Å². The molecule has 31 heavy (non-hydrogen) atoms. The van der Waals surface area contributed by atoms with Crippen LogP contribution in [-0.2, 0) is 30.7 Å². The van der Waals surface area contributed by atoms with E-state index in [-0.39, 0.29) is 5.91 Å². The molecule has 0 saturated heterocycles. The smallest absolute Gasteiger partial charge is 0.237 e. The number of carbonyl (C=O) groups is 1. The molecule has 0 spiro atoms. The number of aromatic amines is 1. The molecule has 5 rings (SSSR count). The first-order chi connectivity index (χ1) is 15.1. The molecule has 2 aliphatic heterocycles. The maximum atomic E-state index is 13.2. The summed E-state index contributed by atoms with van der Waals surface area (Å²) in [6, 6.07) is 10.6. The Kier molecular flexibility index (Phi) is 5.10. The molecule has 6 heteroatoms. The van der Waals surface area contributed by atoms with Crippen molar-refractivity contribution in [1.82, 2.24) is 14.8 Å². The molecule has 3 aromatic rings. The van der Waals surface area contributed by atoms with Crippen LogP contribution in [0.1, 0.15) is 27.9 Å². The first kappa shape index (κ1) is 19.9. The number of H-pyrrole nitrogens is 1. The van der Waals surface area contributed by atoms with Gasteiger partial charge in [-0.1, -0.05) is 11.6 Å². The summed E-state index contributed by atoms with van der Waals surface area (Å²) in [5, 5.41) is 1.25. The van der Waals surface area contributed by atoms with Crippen molar-refractivity contribution in [2.24, 2.45) is 0 Å². The first-order valence-corrected chi connectivity index (χ1v) is 10.9. The Bertz CT molecular complexity index is 1150. The fourth-order valence-corrected chi connectivity index (χ4v) is 4.91. The van der Waals surface area contributed by atoms with E-state index in [1.165, 1.54) is 38.9 Å². The van der Waals surface area contributed by atoms with Crippen LogP contribution in [0.3, 0.4) is 0 Å². The second-order valence-corrected chi connectivity index (χ2v) is 8.63. The average Bonchev–Trinajstić information content (AvgIpc) is 3.15. The quantitative estimate of drug-likeness (QED) is 0.704. The number of hydrogen-bond acceptors (Lipinski definition) is 4. The zero-order valence-electron chi connectivity index (χ0n) is 18.5. The highest BCUT2D eigenvalue weighted by atomic mass is 16.5. The highest BCUT2D eigenvalue weighted by Gasteiger charge is 2.27. The summed E-state index contributed by atoms with van der Waals surface area (Å²) >= 11 is 0. The Hall–Kier alpha value is -2.99. The number of nitrogens with one attached hydrogen (secondary N) is 1. The standard InChI is InChI=1S/C25H29N3O3/c1-16-4-5-21-19(10-16)20-14-28(9-7-22(20)26-21)25(29)15-27-8-6-17-11-23(30-2)24(31-3)12-18(17)13-27/h4-5,10-12,26H,6-9,13-15H2,1-3H3. The lowest BCUT2D eigenvalue weighted by atomic mass is 9.98. The van der Waals surface area contributed by atoms with Crippen LogP contribution in [0.25, 0.3) is 10.9 Å². The van der Waals surface area contributed by atoms with Crippen molar-refractivity contribution in [1.29, 1.82) is 0 Å². The van der Waals surface area contributed by atoms with Crippen LogP contribution >= 0.6 is 0 Å². The molecular formula is C25H29N3O3. The summed E-state index contributed by atoms with van der Waals surface area (Å²) < 4.78 is 10.9. The largest absolute Gasteiger partial charge is 0.493 e. The van der Waals surface area contributed by atoms with Crippen LogP contribution < -0.4 is 9.47 Å². The van der Waals surface area contributed by atoms with Gasteiger partial charge in [-0.25, -0.2) is 0 Å². The predicted octanol–water partition coefficient (Wildman–Crippen LogP) is 3.44. The Morgan fingerprint density at radius 1 is 1.00 bits per heavy atom. The van der Waals surface area contributed by atoms with Gasteiger partial charge < -0.3 is 19.4 Å². The minimum Gasteiger partial charge on any atom is -0.493 e. The molecule has 0 unspecified atom stereocenters. The van der Waals surface area contributed by atoms with Crippen LogP contribution in [0.15, 0.2) is 30.3 Å². The molecule has 0 saturated carbocycles. The van der Waals surface area contributed by atoms with Crippen LogP contribution in [0.5, 0.6) is 11.5 Å². The second kappa shape index (κ2) is 7.93. The van der Waals surface area contributed by atoms with Crippen LogP contribution in [-0.4, -0.2) is 54.5 Å². The third-order valence-corrected chi connectivity index (χ3v) is 6.64. The Balaban J connectivity index is 1.29. The number of aryl methyl sites for hydroxylation is 1. The fourth-order valence-electron chi connectivity index (χ4n) is 4.91. The molecule has 1 amide bonds. The number of aromatic nitrogens is 1. The fraction of sp³-hybridized carbons (Fsp3) is 0.400. The van der Waals surface area contributed by atoms with Crippen molar-refractivity contribution in [3.8, 4) is 11.5 Å². The summed E-state index contributed by atoms with van der Waals surface area (Å²) in [6.07, 6.45) is 1.80. The number of hydrogen-bond donors (Lipinski definition) is 1. The van der Waals surface area contributed by atoms with Crippen molar-refractivity contribution < 1.29 is 14.3 Å². The highest BCUT2D eigenvalue weighted by molar-refractivity contribution is 5.87. The van der Waals surface area contributed by atoms with Gasteiger partial charge in [-0.2, -0.15) is 0 Å². The van der Waals surface area contributed by atoms with E-state index in [0.717, 1.165) is 44.0 Å². The van der Waals surface area contributed by atoms with Crippen molar-refractivity contribution in [2.75, 3.05) is 33.9 Å². The number of amides is 1. The lowest BCUT2D eigenvalue weighted by molar-refractivity contribution is -0.133. The number of carbonyl (C=O) groups excluding carboxylic acids is 1. The predicted molar refractivity (Wildman–Crippen MR) is 121 cm³/mol. The van der Waals surface area contributed by atoms with Gasteiger partial charge in [-0.3, -0.25) is 9.69 Å². The number of fused-ring (bicyclic) bond motifs is 4. The van der Waals surface area contributed by atoms with E-state index in [1.54, 1.807) is 14.2 Å². The zero-order valence-corrected chi connectivity index (χ0v) is 18.5. The van der Waals surface area contributed by atoms with E-state index in [1.807, 2.05) is 11.0 Å². The Morgan fingerprint density at radius 3 is 2.55 bits per heavy atom. The third kappa shape index (κ3) is 3.65. The molecule has 1 aromatic heterocycles. The third-order valence-electron chi connectivity index (χ3n) is 6.64. The molecule has 1 N–H and O–H groups in total. The van der Waals surface area contributed by atoms with Gasteiger partial charge in [-0.05, 0) is 48.7 Å². The maximum absolute atomic E-state index is 13.2. The van der Waals surface area contributed by atoms with Gasteiger partial charge in [0.15, 0.2) is 11.5 Å². The SMILES string of the molecule is COc1cc2c(cc1OC)CN(CC(=O)N1CCc3[nH]c4ccc(C)cc4c3C1)CC2. The monoisotopic (exact) mass is 419 g/mol. The van der Waals surface area contributed by atoms with Crippen LogP contribution in [0.4, 0.5) is 0 Å². The van der Waals surface area contributed by atoms with Crippen molar-refractivity contribution >= 4 is 16.8 Å². The molecule has 0 aliphatic carbocycles. The van der Waals surface area contributed by atoms with Gasteiger partial charge in [0.05, 0.1) is 20.8 Å². The van der Waals surface area contributed by atoms with Crippen LogP contribution in [0, 0.1) is 6.92 Å². The maximum Gasteiger partial charge on any atom is 0.237 e. The van der Waals surface area contributed by atoms with E-state index in [9.17, 15) is 4.79 Å². The first-order valence-electron chi connectivity index (χ1n) is 10.9. The van der Waals surface area contributed by atoms with Crippen molar-refractivity contribution in [2.45, 2.75) is 32.9 Å². The highest BCUT2D eigenvalue weighted by Crippen LogP contribution is 2.33. The summed E-state index contributed by atoms with van der Waals surface area (Å²) in [6.45, 7) is 5.65. The van der Waals surface area contributed by atoms with Gasteiger partial charge in [-0.15, -0.1) is 0 Å². The minimum absolute atomic E-state index is 0.205. The zero-order chi connectivity index (χ0) is 21.5. The minimum atomic E-state index is 0.205. The van der Waals surface area contributed by atoms with Gasteiger partial charge >= 0.3 is 0 Å². The van der Waals surface area contributed by atoms with Gasteiger partial charge in [0.25, 0.3) is 0 Å². The molecule has 2 aliphatic rings. The number of rotatable bonds is 4. The molecule has 6 nitrogen and oxygen atoms in total. The summed E-state index contributed by atoms with van der Waals surface area (Å²) in [5.41, 5.74) is 7.46. The van der Waals surface area contributed by atoms with E-state index < -0.39 is 0 Å². The van der Waals surface area contributed by atoms with Gasteiger partial charge in [0.1, 0.15) is 0 Å². The topological polar surface area (TPSA) is 57.8 Å². The van der Waals surface area contributed by atoms with E-state index in [4.69, 9.17) is 9.47 Å². The molecule has 2 aromatic carbocycles. The number of nitrogens with zero attached hydrogens (tertiary/aromatic N) is 2. The normalized spacial score (nSPS) is 16.2. The number of methoxy groups -OCH3 is 2. The molecule has 0 atom stereocenters. The second-order valence-electron chi connectivity index (χ2n) is 8.63. The molecule has 0 radical (unpaired) electrons. The van der Waals surface area contributed by atoms with Gasteiger partial charge in [0.2, 0.25) is 5.91 Å². The molecule has 0 fully saturated rings. The van der Waals surface area contributed by atoms with Crippen molar-refractivity contribution in [3.05, 3.63) is 58.3 Å².